The van der Waals surface area contributed by atoms with Crippen LogP contribution in [0.25, 0.3) is 0 Å². The molecule has 1 amide bonds. The van der Waals surface area contributed by atoms with E-state index in [0.29, 0.717) is 11.9 Å². The number of hydrogen-bond acceptors (Lipinski definition) is 3. The first kappa shape index (κ1) is 15.8. The molecule has 0 spiro atoms. The summed E-state index contributed by atoms with van der Waals surface area (Å²) in [4.78, 5) is 17.6. The molecule has 0 saturated carbocycles. The van der Waals surface area contributed by atoms with E-state index in [0.717, 1.165) is 58.5 Å². The Kier molecular flexibility index (Phi) is 5.44. The molecule has 2 aliphatic heterocycles. The highest BCUT2D eigenvalue weighted by atomic mass is 16.2. The summed E-state index contributed by atoms with van der Waals surface area (Å²) in [7, 11) is 0. The summed E-state index contributed by atoms with van der Waals surface area (Å²) in [5.41, 5.74) is -0.104. The number of rotatable bonds is 5. The van der Waals surface area contributed by atoms with Gasteiger partial charge in [0.05, 0.1) is 5.41 Å². The fourth-order valence-corrected chi connectivity index (χ4v) is 3.68. The average molecular weight is 281 g/mol. The van der Waals surface area contributed by atoms with Crippen LogP contribution in [0, 0.1) is 5.41 Å². The first-order chi connectivity index (χ1) is 9.63. The van der Waals surface area contributed by atoms with Crippen LogP contribution in [0.15, 0.2) is 0 Å². The lowest BCUT2D eigenvalue weighted by Crippen LogP contribution is -2.55. The van der Waals surface area contributed by atoms with E-state index in [-0.39, 0.29) is 5.41 Å². The van der Waals surface area contributed by atoms with Crippen molar-refractivity contribution in [2.24, 2.45) is 5.41 Å². The predicted molar refractivity (Wildman–Crippen MR) is 82.7 cm³/mol. The number of carbonyl (C=O) groups excluding carboxylic acids is 1. The topological polar surface area (TPSA) is 35.6 Å². The third-order valence-electron chi connectivity index (χ3n) is 5.24. The van der Waals surface area contributed by atoms with Crippen molar-refractivity contribution in [3.8, 4) is 0 Å². The molecule has 1 N–H and O–H groups in total. The highest BCUT2D eigenvalue weighted by Crippen LogP contribution is 2.33. The van der Waals surface area contributed by atoms with Crippen molar-refractivity contribution in [1.82, 2.24) is 15.1 Å². The van der Waals surface area contributed by atoms with Gasteiger partial charge in [-0.3, -0.25) is 9.69 Å². The molecule has 4 nitrogen and oxygen atoms in total. The molecular weight excluding hydrogens is 250 g/mol. The van der Waals surface area contributed by atoms with Crippen LogP contribution >= 0.6 is 0 Å². The molecule has 0 aliphatic carbocycles. The van der Waals surface area contributed by atoms with Gasteiger partial charge in [-0.2, -0.15) is 0 Å². The van der Waals surface area contributed by atoms with Crippen molar-refractivity contribution >= 4 is 5.91 Å². The Morgan fingerprint density at radius 1 is 1.25 bits per heavy atom. The predicted octanol–water partition coefficient (Wildman–Crippen LogP) is 1.71. The molecule has 2 rings (SSSR count). The van der Waals surface area contributed by atoms with Crippen molar-refractivity contribution in [1.29, 1.82) is 0 Å². The Bertz CT molecular complexity index is 318. The van der Waals surface area contributed by atoms with Gasteiger partial charge in [-0.1, -0.05) is 20.3 Å². The van der Waals surface area contributed by atoms with Crippen LogP contribution in [0.3, 0.4) is 0 Å². The molecule has 2 fully saturated rings. The van der Waals surface area contributed by atoms with Gasteiger partial charge < -0.3 is 10.2 Å². The van der Waals surface area contributed by atoms with Gasteiger partial charge in [0.1, 0.15) is 0 Å². The lowest BCUT2D eigenvalue weighted by molar-refractivity contribution is -0.143. The van der Waals surface area contributed by atoms with Crippen LogP contribution < -0.4 is 5.32 Å². The SMILES string of the molecule is CCCC1(C(=O)N2CCN(C(C)CC)CC2)CCNC1. The van der Waals surface area contributed by atoms with E-state index in [1.807, 2.05) is 0 Å². The van der Waals surface area contributed by atoms with Crippen molar-refractivity contribution in [3.05, 3.63) is 0 Å². The fraction of sp³-hybridized carbons (Fsp3) is 0.938. The Balaban J connectivity index is 1.93. The molecule has 0 aromatic carbocycles. The van der Waals surface area contributed by atoms with Crippen molar-refractivity contribution in [3.63, 3.8) is 0 Å². The van der Waals surface area contributed by atoms with Gasteiger partial charge in [0.2, 0.25) is 5.91 Å². The monoisotopic (exact) mass is 281 g/mol. The summed E-state index contributed by atoms with van der Waals surface area (Å²) < 4.78 is 0. The summed E-state index contributed by atoms with van der Waals surface area (Å²) in [6.07, 6.45) is 4.34. The number of nitrogens with zero attached hydrogens (tertiary/aromatic N) is 2. The molecule has 2 saturated heterocycles. The van der Waals surface area contributed by atoms with E-state index < -0.39 is 0 Å². The number of hydrogen-bond donors (Lipinski definition) is 1. The summed E-state index contributed by atoms with van der Waals surface area (Å²) >= 11 is 0. The molecule has 20 heavy (non-hydrogen) atoms. The minimum absolute atomic E-state index is 0.104. The van der Waals surface area contributed by atoms with Gasteiger partial charge in [0, 0.05) is 38.8 Å². The Morgan fingerprint density at radius 3 is 2.45 bits per heavy atom. The second-order valence-corrected chi connectivity index (χ2v) is 6.54. The van der Waals surface area contributed by atoms with Crippen LogP contribution in [0.2, 0.25) is 0 Å². The van der Waals surface area contributed by atoms with Gasteiger partial charge in [0.15, 0.2) is 0 Å². The molecule has 2 unspecified atom stereocenters. The van der Waals surface area contributed by atoms with Gasteiger partial charge in [0.25, 0.3) is 0 Å². The Morgan fingerprint density at radius 2 is 1.95 bits per heavy atom. The third-order valence-corrected chi connectivity index (χ3v) is 5.24. The average Bonchev–Trinajstić information content (AvgIpc) is 2.96. The quantitative estimate of drug-likeness (QED) is 0.833. The van der Waals surface area contributed by atoms with Crippen LogP contribution in [0.5, 0.6) is 0 Å². The number of nitrogens with one attached hydrogen (secondary N) is 1. The van der Waals surface area contributed by atoms with E-state index in [4.69, 9.17) is 0 Å². The smallest absolute Gasteiger partial charge is 0.230 e. The van der Waals surface area contributed by atoms with Crippen molar-refractivity contribution in [2.75, 3.05) is 39.3 Å². The molecule has 0 radical (unpaired) electrons. The minimum atomic E-state index is -0.104. The standard InChI is InChI=1S/C16H31N3O/c1-4-6-16(7-8-17-13-16)15(20)19-11-9-18(10-12-19)14(3)5-2/h14,17H,4-13H2,1-3H3. The van der Waals surface area contributed by atoms with Gasteiger partial charge in [-0.15, -0.1) is 0 Å². The van der Waals surface area contributed by atoms with Crippen LogP contribution in [0.1, 0.15) is 46.5 Å². The zero-order valence-corrected chi connectivity index (χ0v) is 13.5. The summed E-state index contributed by atoms with van der Waals surface area (Å²) in [5.74, 6) is 0.410. The molecule has 0 aromatic rings. The maximum atomic E-state index is 12.9. The zero-order chi connectivity index (χ0) is 14.6. The minimum Gasteiger partial charge on any atom is -0.340 e. The number of piperazine rings is 1. The van der Waals surface area contributed by atoms with Gasteiger partial charge in [-0.25, -0.2) is 0 Å². The first-order valence-corrected chi connectivity index (χ1v) is 8.37. The summed E-state index contributed by atoms with van der Waals surface area (Å²) in [6, 6.07) is 0.644. The van der Waals surface area contributed by atoms with Crippen molar-refractivity contribution in [2.45, 2.75) is 52.5 Å². The summed E-state index contributed by atoms with van der Waals surface area (Å²) in [5, 5.41) is 3.40. The fourth-order valence-electron chi connectivity index (χ4n) is 3.68. The van der Waals surface area contributed by atoms with E-state index >= 15 is 0 Å². The Hall–Kier alpha value is -0.610. The molecule has 116 valence electrons. The maximum Gasteiger partial charge on any atom is 0.230 e. The van der Waals surface area contributed by atoms with Crippen LogP contribution in [-0.2, 0) is 4.79 Å². The first-order valence-electron chi connectivity index (χ1n) is 8.37. The number of amides is 1. The highest BCUT2D eigenvalue weighted by Gasteiger charge is 2.43. The molecule has 0 aromatic heterocycles. The third kappa shape index (κ3) is 3.17. The molecular formula is C16H31N3O. The summed E-state index contributed by atoms with van der Waals surface area (Å²) in [6.45, 7) is 12.5. The molecule has 0 bridgehead atoms. The molecule has 2 atom stereocenters. The van der Waals surface area contributed by atoms with E-state index in [1.54, 1.807) is 0 Å². The maximum absolute atomic E-state index is 12.9. The van der Waals surface area contributed by atoms with Gasteiger partial charge in [-0.05, 0) is 32.7 Å². The zero-order valence-electron chi connectivity index (χ0n) is 13.5. The second kappa shape index (κ2) is 6.90. The Labute approximate surface area is 123 Å². The molecule has 2 heterocycles. The normalized spacial score (nSPS) is 29.6. The largest absolute Gasteiger partial charge is 0.340 e. The van der Waals surface area contributed by atoms with Gasteiger partial charge >= 0.3 is 0 Å². The molecule has 4 heteroatoms. The highest BCUT2D eigenvalue weighted by molar-refractivity contribution is 5.83. The van der Waals surface area contributed by atoms with E-state index in [9.17, 15) is 4.79 Å². The lowest BCUT2D eigenvalue weighted by atomic mass is 9.81. The number of carbonyl (C=O) groups is 1. The second-order valence-electron chi connectivity index (χ2n) is 6.54. The molecule has 2 aliphatic rings. The van der Waals surface area contributed by atoms with Crippen molar-refractivity contribution < 1.29 is 4.79 Å². The van der Waals surface area contributed by atoms with Crippen LogP contribution in [-0.4, -0.2) is 61.0 Å². The van der Waals surface area contributed by atoms with Crippen LogP contribution in [0.4, 0.5) is 0 Å². The van der Waals surface area contributed by atoms with E-state index in [1.165, 1.54) is 6.42 Å². The van der Waals surface area contributed by atoms with E-state index in [2.05, 4.69) is 35.9 Å². The lowest BCUT2D eigenvalue weighted by Gasteiger charge is -2.41.